The molecule has 150 valence electrons. The van der Waals surface area contributed by atoms with E-state index in [0.29, 0.717) is 18.1 Å². The van der Waals surface area contributed by atoms with Crippen molar-refractivity contribution in [3.63, 3.8) is 0 Å². The number of anilines is 1. The molecule has 0 fully saturated rings. The van der Waals surface area contributed by atoms with Gasteiger partial charge in [-0.2, -0.15) is 0 Å². The number of ether oxygens (including phenoxy) is 1. The average Bonchev–Trinajstić information content (AvgIpc) is 3.26. The van der Waals surface area contributed by atoms with E-state index in [1.165, 1.54) is 23.5 Å². The molecule has 6 heteroatoms. The zero-order valence-electron chi connectivity index (χ0n) is 16.3. The fraction of sp³-hybridized carbons (Fsp3) is 0.0833. The molecular weight excluding hydrogens is 399 g/mol. The van der Waals surface area contributed by atoms with Crippen LogP contribution in [0.3, 0.4) is 0 Å². The molecule has 30 heavy (non-hydrogen) atoms. The van der Waals surface area contributed by atoms with E-state index in [1.54, 1.807) is 17.5 Å². The number of carbonyl (C=O) groups excluding carboxylic acids is 1. The molecule has 0 bridgehead atoms. The van der Waals surface area contributed by atoms with Crippen molar-refractivity contribution in [2.45, 2.75) is 13.5 Å². The van der Waals surface area contributed by atoms with Crippen molar-refractivity contribution in [1.29, 1.82) is 0 Å². The molecule has 0 radical (unpaired) electrons. The third-order valence-corrected chi connectivity index (χ3v) is 5.36. The topological polar surface area (TPSA) is 51.2 Å². The predicted octanol–water partition coefficient (Wildman–Crippen LogP) is 6.09. The number of amides is 1. The minimum absolute atomic E-state index is 0.236. The Bertz CT molecular complexity index is 1140. The van der Waals surface area contributed by atoms with Gasteiger partial charge in [-0.25, -0.2) is 9.37 Å². The highest BCUT2D eigenvalue weighted by atomic mass is 32.1. The summed E-state index contributed by atoms with van der Waals surface area (Å²) in [6, 6.07) is 21.4. The second kappa shape index (κ2) is 8.88. The number of aromatic nitrogens is 1. The standard InChI is InChI=1S/C24H19FN2O2S/c1-16-2-10-20(11-3-16)26-23(28)22-15-30-24(27-22)18-6-12-21(13-7-18)29-14-17-4-8-19(25)9-5-17/h2-13,15H,14H2,1H3,(H,26,28). The summed E-state index contributed by atoms with van der Waals surface area (Å²) in [5.74, 6) is 0.205. The number of carbonyl (C=O) groups is 1. The van der Waals surface area contributed by atoms with Crippen molar-refractivity contribution in [3.8, 4) is 16.3 Å². The third kappa shape index (κ3) is 4.90. The number of halogens is 1. The van der Waals surface area contributed by atoms with Gasteiger partial charge < -0.3 is 10.1 Å². The first kappa shape index (κ1) is 19.8. The number of benzene rings is 3. The van der Waals surface area contributed by atoms with Crippen molar-refractivity contribution in [2.24, 2.45) is 0 Å². The molecule has 0 atom stereocenters. The van der Waals surface area contributed by atoms with Crippen LogP contribution in [-0.2, 0) is 6.61 Å². The second-order valence-corrected chi connectivity index (χ2v) is 7.66. The summed E-state index contributed by atoms with van der Waals surface area (Å²) in [5, 5.41) is 5.36. The fourth-order valence-electron chi connectivity index (χ4n) is 2.78. The molecule has 3 aromatic carbocycles. The first-order valence-electron chi connectivity index (χ1n) is 9.38. The summed E-state index contributed by atoms with van der Waals surface area (Å²) in [4.78, 5) is 16.9. The van der Waals surface area contributed by atoms with Crippen LogP contribution in [0, 0.1) is 12.7 Å². The second-order valence-electron chi connectivity index (χ2n) is 6.80. The lowest BCUT2D eigenvalue weighted by molar-refractivity contribution is 0.102. The molecule has 4 aromatic rings. The Balaban J connectivity index is 1.38. The van der Waals surface area contributed by atoms with Crippen LogP contribution in [0.15, 0.2) is 78.2 Å². The van der Waals surface area contributed by atoms with Crippen molar-refractivity contribution in [2.75, 3.05) is 5.32 Å². The summed E-state index contributed by atoms with van der Waals surface area (Å²) in [7, 11) is 0. The van der Waals surface area contributed by atoms with E-state index < -0.39 is 0 Å². The van der Waals surface area contributed by atoms with Crippen LogP contribution < -0.4 is 10.1 Å². The molecule has 0 saturated heterocycles. The van der Waals surface area contributed by atoms with Gasteiger partial charge in [0, 0.05) is 16.6 Å². The molecule has 1 aromatic heterocycles. The number of aryl methyl sites for hydroxylation is 1. The highest BCUT2D eigenvalue weighted by Crippen LogP contribution is 2.26. The molecule has 4 rings (SSSR count). The van der Waals surface area contributed by atoms with Crippen molar-refractivity contribution >= 4 is 22.9 Å². The number of hydrogen-bond donors (Lipinski definition) is 1. The number of nitrogens with one attached hydrogen (secondary N) is 1. The van der Waals surface area contributed by atoms with E-state index in [0.717, 1.165) is 27.4 Å². The van der Waals surface area contributed by atoms with Gasteiger partial charge in [0.2, 0.25) is 0 Å². The molecule has 0 aliphatic rings. The van der Waals surface area contributed by atoms with Gasteiger partial charge >= 0.3 is 0 Å². The van der Waals surface area contributed by atoms with Gasteiger partial charge in [0.25, 0.3) is 5.91 Å². The van der Waals surface area contributed by atoms with Gasteiger partial charge in [-0.15, -0.1) is 11.3 Å². The summed E-state index contributed by atoms with van der Waals surface area (Å²) in [6.45, 7) is 2.36. The Morgan fingerprint density at radius 2 is 1.70 bits per heavy atom. The molecule has 0 saturated carbocycles. The first-order chi connectivity index (χ1) is 14.6. The first-order valence-corrected chi connectivity index (χ1v) is 10.3. The summed E-state index contributed by atoms with van der Waals surface area (Å²) in [5.41, 5.74) is 4.05. The van der Waals surface area contributed by atoms with Crippen molar-refractivity contribution in [3.05, 3.63) is 101 Å². The van der Waals surface area contributed by atoms with E-state index in [9.17, 15) is 9.18 Å². The van der Waals surface area contributed by atoms with Crippen molar-refractivity contribution < 1.29 is 13.9 Å². The van der Waals surface area contributed by atoms with Crippen LogP contribution in [0.4, 0.5) is 10.1 Å². The summed E-state index contributed by atoms with van der Waals surface area (Å²) in [6.07, 6.45) is 0. The Morgan fingerprint density at radius 1 is 1.00 bits per heavy atom. The lowest BCUT2D eigenvalue weighted by atomic mass is 10.2. The Hall–Kier alpha value is -3.51. The average molecular weight is 418 g/mol. The van der Waals surface area contributed by atoms with Gasteiger partial charge in [-0.3, -0.25) is 4.79 Å². The summed E-state index contributed by atoms with van der Waals surface area (Å²) < 4.78 is 18.7. The smallest absolute Gasteiger partial charge is 0.275 e. The third-order valence-electron chi connectivity index (χ3n) is 4.47. The van der Waals surface area contributed by atoms with Crippen LogP contribution in [0.5, 0.6) is 5.75 Å². The number of hydrogen-bond acceptors (Lipinski definition) is 4. The Morgan fingerprint density at radius 3 is 2.40 bits per heavy atom. The number of thiazole rings is 1. The number of nitrogens with zero attached hydrogens (tertiary/aromatic N) is 1. The van der Waals surface area contributed by atoms with Gasteiger partial charge in [0.1, 0.15) is 28.9 Å². The van der Waals surface area contributed by atoms with Gasteiger partial charge in [-0.05, 0) is 61.0 Å². The molecule has 0 spiro atoms. The SMILES string of the molecule is Cc1ccc(NC(=O)c2csc(-c3ccc(OCc4ccc(F)cc4)cc3)n2)cc1. The molecule has 1 N–H and O–H groups in total. The van der Waals surface area contributed by atoms with Crippen LogP contribution in [0.25, 0.3) is 10.6 Å². The van der Waals surface area contributed by atoms with E-state index in [-0.39, 0.29) is 11.7 Å². The minimum Gasteiger partial charge on any atom is -0.489 e. The van der Waals surface area contributed by atoms with Gasteiger partial charge in [0.15, 0.2) is 0 Å². The normalized spacial score (nSPS) is 10.6. The molecule has 4 nitrogen and oxygen atoms in total. The highest BCUT2D eigenvalue weighted by Gasteiger charge is 2.12. The Kier molecular flexibility index (Phi) is 5.86. The van der Waals surface area contributed by atoms with Crippen LogP contribution in [-0.4, -0.2) is 10.9 Å². The van der Waals surface area contributed by atoms with Crippen LogP contribution in [0.2, 0.25) is 0 Å². The van der Waals surface area contributed by atoms with Gasteiger partial charge in [0.05, 0.1) is 0 Å². The monoisotopic (exact) mass is 418 g/mol. The van der Waals surface area contributed by atoms with E-state index in [1.807, 2.05) is 55.5 Å². The molecular formula is C24H19FN2O2S. The lowest BCUT2D eigenvalue weighted by Gasteiger charge is -2.07. The fourth-order valence-corrected chi connectivity index (χ4v) is 3.59. The maximum Gasteiger partial charge on any atom is 0.275 e. The zero-order chi connectivity index (χ0) is 20.9. The molecule has 1 amide bonds. The molecule has 0 unspecified atom stereocenters. The number of rotatable bonds is 6. The minimum atomic E-state index is -0.265. The van der Waals surface area contributed by atoms with Crippen molar-refractivity contribution in [1.82, 2.24) is 4.98 Å². The van der Waals surface area contributed by atoms with E-state index >= 15 is 0 Å². The van der Waals surface area contributed by atoms with Gasteiger partial charge in [-0.1, -0.05) is 29.8 Å². The van der Waals surface area contributed by atoms with E-state index in [2.05, 4.69) is 10.3 Å². The van der Waals surface area contributed by atoms with E-state index in [4.69, 9.17) is 4.74 Å². The Labute approximate surface area is 178 Å². The van der Waals surface area contributed by atoms with Crippen LogP contribution >= 0.6 is 11.3 Å². The maximum atomic E-state index is 13.0. The molecule has 0 aliphatic heterocycles. The quantitative estimate of drug-likeness (QED) is 0.412. The van der Waals surface area contributed by atoms with Crippen LogP contribution in [0.1, 0.15) is 21.6 Å². The largest absolute Gasteiger partial charge is 0.489 e. The predicted molar refractivity (Wildman–Crippen MR) is 117 cm³/mol. The molecule has 1 heterocycles. The maximum absolute atomic E-state index is 13.0. The zero-order valence-corrected chi connectivity index (χ0v) is 17.1. The highest BCUT2D eigenvalue weighted by molar-refractivity contribution is 7.13. The summed E-state index contributed by atoms with van der Waals surface area (Å²) >= 11 is 1.41. The lowest BCUT2D eigenvalue weighted by Crippen LogP contribution is -2.12. The molecule has 0 aliphatic carbocycles.